The van der Waals surface area contributed by atoms with Crippen molar-refractivity contribution >= 4 is 17.5 Å². The molecule has 0 bridgehead atoms. The quantitative estimate of drug-likeness (QED) is 0.668. The van der Waals surface area contributed by atoms with Crippen LogP contribution in [0.4, 0.5) is 15.9 Å². The molecular weight excluding hydrogens is 389 g/mol. The number of piperazine rings is 1. The van der Waals surface area contributed by atoms with Crippen molar-refractivity contribution in [2.75, 3.05) is 42.6 Å². The van der Waals surface area contributed by atoms with Crippen LogP contribution in [0.25, 0.3) is 5.69 Å². The van der Waals surface area contributed by atoms with E-state index in [1.807, 2.05) is 28.9 Å². The van der Waals surface area contributed by atoms with Crippen molar-refractivity contribution in [2.24, 2.45) is 0 Å². The Morgan fingerprint density at radius 1 is 1.00 bits per heavy atom. The van der Waals surface area contributed by atoms with Crippen molar-refractivity contribution in [3.63, 3.8) is 0 Å². The molecule has 1 aliphatic rings. The van der Waals surface area contributed by atoms with Gasteiger partial charge in [-0.15, -0.1) is 15.0 Å². The molecule has 0 saturated carbocycles. The van der Waals surface area contributed by atoms with Crippen LogP contribution in [-0.4, -0.2) is 58.9 Å². The number of carboxylic acids is 1. The number of carboxylic acid groups (broad SMARTS) is 1. The maximum atomic E-state index is 14.1. The lowest BCUT2D eigenvalue weighted by molar-refractivity contribution is 0.0690. The van der Waals surface area contributed by atoms with Crippen LogP contribution >= 0.6 is 0 Å². The number of hydrogen-bond acceptors (Lipinski definition) is 6. The first kappa shape index (κ1) is 19.7. The molecule has 9 heteroatoms. The van der Waals surface area contributed by atoms with E-state index >= 15 is 0 Å². The highest BCUT2D eigenvalue weighted by Gasteiger charge is 2.28. The first-order valence-electron chi connectivity index (χ1n) is 9.75. The van der Waals surface area contributed by atoms with Crippen LogP contribution in [0.2, 0.25) is 0 Å². The number of para-hydroxylation sites is 3. The Morgan fingerprint density at radius 2 is 1.63 bits per heavy atom. The highest BCUT2D eigenvalue weighted by atomic mass is 19.1. The normalized spacial score (nSPS) is 14.1. The first-order valence-corrected chi connectivity index (χ1v) is 9.75. The van der Waals surface area contributed by atoms with Gasteiger partial charge in [-0.2, -0.15) is 0 Å². The number of aromatic nitrogens is 3. The number of aromatic carboxylic acids is 1. The van der Waals surface area contributed by atoms with Gasteiger partial charge in [0.2, 0.25) is 5.69 Å². The summed E-state index contributed by atoms with van der Waals surface area (Å²) < 4.78 is 19.7. The van der Waals surface area contributed by atoms with Gasteiger partial charge in [-0.25, -0.2) is 9.18 Å². The van der Waals surface area contributed by atoms with Crippen LogP contribution in [0.5, 0.6) is 5.75 Å². The zero-order valence-electron chi connectivity index (χ0n) is 16.5. The fourth-order valence-corrected chi connectivity index (χ4v) is 3.53. The van der Waals surface area contributed by atoms with E-state index in [0.29, 0.717) is 55.7 Å². The maximum Gasteiger partial charge on any atom is 0.360 e. The van der Waals surface area contributed by atoms with Crippen LogP contribution < -0.4 is 14.5 Å². The molecule has 156 valence electrons. The second-order valence-electron chi connectivity index (χ2n) is 6.79. The smallest absolute Gasteiger partial charge is 0.360 e. The molecule has 0 atom stereocenters. The van der Waals surface area contributed by atoms with Gasteiger partial charge in [0.15, 0.2) is 5.82 Å². The molecule has 0 amide bonds. The lowest BCUT2D eigenvalue weighted by Crippen LogP contribution is -2.47. The summed E-state index contributed by atoms with van der Waals surface area (Å²) in [6.07, 6.45) is 0. The summed E-state index contributed by atoms with van der Waals surface area (Å²) in [5.74, 6) is -0.554. The number of halogens is 1. The first-order chi connectivity index (χ1) is 14.6. The zero-order valence-corrected chi connectivity index (χ0v) is 16.5. The Balaban J connectivity index is 1.60. The number of carbonyl (C=O) groups is 1. The molecule has 1 aromatic heterocycles. The van der Waals surface area contributed by atoms with Gasteiger partial charge < -0.3 is 19.6 Å². The summed E-state index contributed by atoms with van der Waals surface area (Å²) in [5.41, 5.74) is 0.989. The van der Waals surface area contributed by atoms with E-state index in [9.17, 15) is 14.3 Å². The standard InChI is InChI=1S/C21H22FN5O3/c1-2-30-18-10-6-5-9-17(18)27-23-19(21(28)29)20(24-27)26-13-11-25(12-14-26)16-8-4-3-7-15(16)22/h3-10H,2,11-14H2,1H3,(H,28,29). The van der Waals surface area contributed by atoms with E-state index < -0.39 is 5.97 Å². The van der Waals surface area contributed by atoms with Gasteiger partial charge >= 0.3 is 5.97 Å². The van der Waals surface area contributed by atoms with E-state index in [4.69, 9.17) is 4.74 Å². The van der Waals surface area contributed by atoms with E-state index in [0.717, 1.165) is 0 Å². The van der Waals surface area contributed by atoms with Crippen molar-refractivity contribution in [2.45, 2.75) is 6.92 Å². The van der Waals surface area contributed by atoms with Crippen LogP contribution in [0.1, 0.15) is 17.4 Å². The van der Waals surface area contributed by atoms with E-state index in [2.05, 4.69) is 10.2 Å². The number of hydrogen-bond donors (Lipinski definition) is 1. The molecule has 2 aromatic carbocycles. The topological polar surface area (TPSA) is 83.7 Å². The highest BCUT2D eigenvalue weighted by Crippen LogP contribution is 2.26. The average Bonchev–Trinajstić information content (AvgIpc) is 3.21. The molecule has 2 heterocycles. The van der Waals surface area contributed by atoms with E-state index in [1.165, 1.54) is 10.9 Å². The predicted octanol–water partition coefficient (Wildman–Crippen LogP) is 2.83. The second-order valence-corrected chi connectivity index (χ2v) is 6.79. The molecule has 1 aliphatic heterocycles. The van der Waals surface area contributed by atoms with Crippen molar-refractivity contribution in [3.8, 4) is 11.4 Å². The summed E-state index contributed by atoms with van der Waals surface area (Å²) >= 11 is 0. The molecule has 1 N–H and O–H groups in total. The number of rotatable bonds is 6. The molecule has 1 saturated heterocycles. The van der Waals surface area contributed by atoms with Gasteiger partial charge in [0.1, 0.15) is 17.3 Å². The molecule has 8 nitrogen and oxygen atoms in total. The summed E-state index contributed by atoms with van der Waals surface area (Å²) in [4.78, 5) is 16.9. The summed E-state index contributed by atoms with van der Waals surface area (Å²) in [6.45, 7) is 4.43. The molecule has 30 heavy (non-hydrogen) atoms. The third-order valence-corrected chi connectivity index (χ3v) is 4.95. The maximum absolute atomic E-state index is 14.1. The monoisotopic (exact) mass is 411 g/mol. The van der Waals surface area contributed by atoms with Crippen molar-refractivity contribution < 1.29 is 19.0 Å². The van der Waals surface area contributed by atoms with Gasteiger partial charge in [0, 0.05) is 26.2 Å². The molecule has 3 aromatic rings. The summed E-state index contributed by atoms with van der Waals surface area (Å²) in [5, 5.41) is 18.3. The molecule has 0 spiro atoms. The minimum Gasteiger partial charge on any atom is -0.492 e. The highest BCUT2D eigenvalue weighted by molar-refractivity contribution is 5.91. The molecule has 0 aliphatic carbocycles. The van der Waals surface area contributed by atoms with Crippen LogP contribution in [0, 0.1) is 5.82 Å². The molecule has 0 unspecified atom stereocenters. The third-order valence-electron chi connectivity index (χ3n) is 4.95. The molecular formula is C21H22FN5O3. The summed E-state index contributed by atoms with van der Waals surface area (Å²) in [7, 11) is 0. The van der Waals surface area contributed by atoms with Crippen molar-refractivity contribution in [1.82, 2.24) is 15.0 Å². The predicted molar refractivity (Wildman–Crippen MR) is 110 cm³/mol. The Bertz CT molecular complexity index is 1050. The van der Waals surface area contributed by atoms with Gasteiger partial charge in [-0.3, -0.25) is 0 Å². The largest absolute Gasteiger partial charge is 0.492 e. The van der Waals surface area contributed by atoms with Crippen molar-refractivity contribution in [1.29, 1.82) is 0 Å². The molecule has 0 radical (unpaired) electrons. The lowest BCUT2D eigenvalue weighted by Gasteiger charge is -2.36. The van der Waals surface area contributed by atoms with Gasteiger partial charge in [0.05, 0.1) is 12.3 Å². The molecule has 4 rings (SSSR count). The Labute approximate surface area is 173 Å². The Kier molecular flexibility index (Phi) is 5.51. The number of anilines is 2. The summed E-state index contributed by atoms with van der Waals surface area (Å²) in [6, 6.07) is 13.8. The van der Waals surface area contributed by atoms with Crippen LogP contribution in [-0.2, 0) is 0 Å². The lowest BCUT2D eigenvalue weighted by atomic mass is 10.2. The zero-order chi connectivity index (χ0) is 21.1. The van der Waals surface area contributed by atoms with E-state index in [-0.39, 0.29) is 11.5 Å². The Morgan fingerprint density at radius 3 is 2.30 bits per heavy atom. The van der Waals surface area contributed by atoms with Crippen LogP contribution in [0.15, 0.2) is 48.5 Å². The fourth-order valence-electron chi connectivity index (χ4n) is 3.53. The number of ether oxygens (including phenoxy) is 1. The third kappa shape index (κ3) is 3.78. The average molecular weight is 411 g/mol. The fraction of sp³-hybridized carbons (Fsp3) is 0.286. The second kappa shape index (κ2) is 8.40. The minimum atomic E-state index is -1.15. The number of nitrogens with zero attached hydrogens (tertiary/aromatic N) is 5. The number of benzene rings is 2. The van der Waals surface area contributed by atoms with Gasteiger partial charge in [-0.1, -0.05) is 24.3 Å². The van der Waals surface area contributed by atoms with Crippen LogP contribution in [0.3, 0.4) is 0 Å². The van der Waals surface area contributed by atoms with E-state index in [1.54, 1.807) is 30.3 Å². The SMILES string of the molecule is CCOc1ccccc1-n1nc(C(=O)O)c(N2CCN(c3ccccc3F)CC2)n1. The van der Waals surface area contributed by atoms with Gasteiger partial charge in [-0.05, 0) is 31.2 Å². The Hall–Kier alpha value is -3.62. The van der Waals surface area contributed by atoms with Crippen molar-refractivity contribution in [3.05, 3.63) is 60.0 Å². The van der Waals surface area contributed by atoms with Gasteiger partial charge in [0.25, 0.3) is 0 Å². The minimum absolute atomic E-state index is 0.124. The molecule has 1 fully saturated rings.